The number of hydrogen-bond donors (Lipinski definition) is 1. The van der Waals surface area contributed by atoms with Crippen LogP contribution in [0.5, 0.6) is 0 Å². The molecule has 0 saturated carbocycles. The van der Waals surface area contributed by atoms with Crippen LogP contribution in [-0.4, -0.2) is 11.1 Å². The van der Waals surface area contributed by atoms with E-state index in [1.54, 1.807) is 0 Å². The number of aryl methyl sites for hydroxylation is 1. The van der Waals surface area contributed by atoms with Gasteiger partial charge in [-0.25, -0.2) is 0 Å². The van der Waals surface area contributed by atoms with Gasteiger partial charge in [0.25, 0.3) is 0 Å². The number of benzene rings is 1. The van der Waals surface area contributed by atoms with E-state index in [1.165, 1.54) is 5.56 Å². The lowest BCUT2D eigenvalue weighted by Crippen LogP contribution is -1.95. The highest BCUT2D eigenvalue weighted by molar-refractivity contribution is 5.66. The summed E-state index contributed by atoms with van der Waals surface area (Å²) in [6.07, 6.45) is 1.83. The number of carboxylic acids is 1. The average molecular weight is 194 g/mol. The van der Waals surface area contributed by atoms with Crippen molar-refractivity contribution in [3.63, 3.8) is 0 Å². The normalized spacial score (nSPS) is 8.71. The summed E-state index contributed by atoms with van der Waals surface area (Å²) in [5, 5.41) is 8.39. The van der Waals surface area contributed by atoms with Crippen LogP contribution in [0.25, 0.3) is 0 Å². The molecule has 0 aromatic heterocycles. The maximum atomic E-state index is 10.2. The highest BCUT2D eigenvalue weighted by atomic mass is 16.4. The molecule has 0 aliphatic heterocycles. The van der Waals surface area contributed by atoms with E-state index >= 15 is 0 Å². The maximum Gasteiger partial charge on any atom is 0.303 e. The van der Waals surface area contributed by atoms with Gasteiger partial charge in [0.1, 0.15) is 0 Å². The van der Waals surface area contributed by atoms with E-state index < -0.39 is 5.97 Å². The molecule has 0 aliphatic rings. The molecule has 0 bridgehead atoms. The van der Waals surface area contributed by atoms with Gasteiger partial charge in [0.2, 0.25) is 0 Å². The van der Waals surface area contributed by atoms with E-state index in [-0.39, 0.29) is 6.42 Å². The van der Waals surface area contributed by atoms with E-state index in [0.717, 1.165) is 12.8 Å². The lowest BCUT2D eigenvalue weighted by molar-refractivity contribution is -0.137. The van der Waals surface area contributed by atoms with Crippen LogP contribution in [0.1, 0.15) is 32.3 Å². The summed E-state index contributed by atoms with van der Waals surface area (Å²) in [6, 6.07) is 9.93. The Morgan fingerprint density at radius 1 is 1.21 bits per heavy atom. The largest absolute Gasteiger partial charge is 0.481 e. The Morgan fingerprint density at radius 3 is 2.29 bits per heavy atom. The lowest BCUT2D eigenvalue weighted by atomic mass is 10.1. The summed E-state index contributed by atoms with van der Waals surface area (Å²) in [4.78, 5) is 10.2. The molecular weight excluding hydrogens is 176 g/mol. The predicted molar refractivity (Wildman–Crippen MR) is 58.4 cm³/mol. The fraction of sp³-hybridized carbons (Fsp3) is 0.417. The van der Waals surface area contributed by atoms with E-state index in [0.29, 0.717) is 0 Å². The van der Waals surface area contributed by atoms with E-state index in [4.69, 9.17) is 5.11 Å². The van der Waals surface area contributed by atoms with Crippen molar-refractivity contribution in [1.82, 2.24) is 0 Å². The van der Waals surface area contributed by atoms with Crippen LogP contribution in [0.15, 0.2) is 30.3 Å². The number of carboxylic acid groups (broad SMARTS) is 1. The molecular formula is C12H18O2. The summed E-state index contributed by atoms with van der Waals surface area (Å²) < 4.78 is 0. The van der Waals surface area contributed by atoms with Gasteiger partial charge in [-0.2, -0.15) is 0 Å². The molecule has 0 aliphatic carbocycles. The Hall–Kier alpha value is -1.31. The van der Waals surface area contributed by atoms with Gasteiger partial charge < -0.3 is 5.11 Å². The van der Waals surface area contributed by atoms with Crippen LogP contribution in [0.3, 0.4) is 0 Å². The Bertz CT molecular complexity index is 242. The fourth-order valence-electron chi connectivity index (χ4n) is 1.09. The Morgan fingerprint density at radius 2 is 1.79 bits per heavy atom. The van der Waals surface area contributed by atoms with Crippen molar-refractivity contribution in [1.29, 1.82) is 0 Å². The van der Waals surface area contributed by atoms with Crippen LogP contribution >= 0.6 is 0 Å². The van der Waals surface area contributed by atoms with E-state index in [1.807, 2.05) is 44.2 Å². The molecule has 0 spiro atoms. The minimum atomic E-state index is -0.717. The van der Waals surface area contributed by atoms with Gasteiger partial charge in [-0.05, 0) is 18.4 Å². The first-order valence-corrected chi connectivity index (χ1v) is 5.05. The second kappa shape index (κ2) is 8.30. The summed E-state index contributed by atoms with van der Waals surface area (Å²) in [5.74, 6) is -0.717. The average Bonchev–Trinajstić information content (AvgIpc) is 2.22. The van der Waals surface area contributed by atoms with Crippen LogP contribution < -0.4 is 0 Å². The zero-order valence-electron chi connectivity index (χ0n) is 8.86. The molecule has 0 saturated heterocycles. The lowest BCUT2D eigenvalue weighted by Gasteiger charge is -1.97. The highest BCUT2D eigenvalue weighted by Crippen LogP contribution is 2.03. The molecule has 1 aromatic carbocycles. The third kappa shape index (κ3) is 6.23. The van der Waals surface area contributed by atoms with Gasteiger partial charge in [-0.1, -0.05) is 44.2 Å². The van der Waals surface area contributed by atoms with Crippen LogP contribution in [0.2, 0.25) is 0 Å². The first kappa shape index (κ1) is 12.7. The van der Waals surface area contributed by atoms with Gasteiger partial charge in [0.05, 0.1) is 0 Å². The molecule has 0 radical (unpaired) electrons. The quantitative estimate of drug-likeness (QED) is 0.799. The van der Waals surface area contributed by atoms with Crippen molar-refractivity contribution in [3.05, 3.63) is 35.9 Å². The second-order valence-corrected chi connectivity index (χ2v) is 2.73. The van der Waals surface area contributed by atoms with E-state index in [2.05, 4.69) is 0 Å². The molecule has 2 nitrogen and oxygen atoms in total. The van der Waals surface area contributed by atoms with Gasteiger partial charge in [0, 0.05) is 6.42 Å². The summed E-state index contributed by atoms with van der Waals surface area (Å²) in [6.45, 7) is 4.00. The zero-order valence-corrected chi connectivity index (χ0v) is 8.86. The topological polar surface area (TPSA) is 37.3 Å². The number of rotatable bonds is 4. The van der Waals surface area contributed by atoms with Crippen molar-refractivity contribution in [2.75, 3.05) is 0 Å². The molecule has 0 heterocycles. The van der Waals surface area contributed by atoms with Crippen LogP contribution in [0, 0.1) is 0 Å². The van der Waals surface area contributed by atoms with Crippen molar-refractivity contribution in [3.8, 4) is 0 Å². The number of carbonyl (C=O) groups is 1. The molecule has 1 N–H and O–H groups in total. The third-order valence-corrected chi connectivity index (χ3v) is 1.70. The van der Waals surface area contributed by atoms with Gasteiger partial charge in [0.15, 0.2) is 0 Å². The number of hydrogen-bond acceptors (Lipinski definition) is 1. The Balaban J connectivity index is 0.000000791. The molecule has 1 aromatic rings. The highest BCUT2D eigenvalue weighted by Gasteiger charge is 1.96. The first-order chi connectivity index (χ1) is 6.79. The molecule has 0 atom stereocenters. The SMILES string of the molecule is CC.O=C(O)CCCc1ccccc1. The van der Waals surface area contributed by atoms with Gasteiger partial charge in [-0.15, -0.1) is 0 Å². The molecule has 2 heteroatoms. The van der Waals surface area contributed by atoms with Gasteiger partial charge in [-0.3, -0.25) is 4.79 Å². The fourth-order valence-corrected chi connectivity index (χ4v) is 1.09. The smallest absolute Gasteiger partial charge is 0.303 e. The molecule has 0 fully saturated rings. The molecule has 1 rings (SSSR count). The molecule has 0 unspecified atom stereocenters. The zero-order chi connectivity index (χ0) is 10.8. The van der Waals surface area contributed by atoms with Crippen molar-refractivity contribution >= 4 is 5.97 Å². The molecule has 0 amide bonds. The Kier molecular flexibility index (Phi) is 7.52. The van der Waals surface area contributed by atoms with Crippen molar-refractivity contribution in [2.45, 2.75) is 33.1 Å². The second-order valence-electron chi connectivity index (χ2n) is 2.73. The summed E-state index contributed by atoms with van der Waals surface area (Å²) in [7, 11) is 0. The van der Waals surface area contributed by atoms with Gasteiger partial charge >= 0.3 is 5.97 Å². The van der Waals surface area contributed by atoms with E-state index in [9.17, 15) is 4.79 Å². The first-order valence-electron chi connectivity index (χ1n) is 5.05. The summed E-state index contributed by atoms with van der Waals surface area (Å²) in [5.41, 5.74) is 1.21. The van der Waals surface area contributed by atoms with Crippen LogP contribution in [0.4, 0.5) is 0 Å². The minimum absolute atomic E-state index is 0.259. The van der Waals surface area contributed by atoms with Crippen LogP contribution in [-0.2, 0) is 11.2 Å². The standard InChI is InChI=1S/C10H12O2.C2H6/c11-10(12)8-4-7-9-5-2-1-3-6-9;1-2/h1-3,5-6H,4,7-8H2,(H,11,12);1-2H3. The minimum Gasteiger partial charge on any atom is -0.481 e. The number of aliphatic carboxylic acids is 1. The monoisotopic (exact) mass is 194 g/mol. The Labute approximate surface area is 85.6 Å². The molecule has 14 heavy (non-hydrogen) atoms. The summed E-state index contributed by atoms with van der Waals surface area (Å²) >= 11 is 0. The van der Waals surface area contributed by atoms with Crippen molar-refractivity contribution < 1.29 is 9.90 Å². The molecule has 78 valence electrons. The predicted octanol–water partition coefficient (Wildman–Crippen LogP) is 3.12. The van der Waals surface area contributed by atoms with Crippen molar-refractivity contribution in [2.24, 2.45) is 0 Å². The maximum absolute atomic E-state index is 10.2. The third-order valence-electron chi connectivity index (χ3n) is 1.70.